The molecule has 1 spiro atoms. The van der Waals surface area contributed by atoms with Crippen molar-refractivity contribution in [1.29, 1.82) is 0 Å². The number of hydrogen-bond acceptors (Lipinski definition) is 7. The average molecular weight is 559 g/mol. The number of nitrogen functional groups attached to an aromatic ring is 1. The molecule has 0 saturated carbocycles. The van der Waals surface area contributed by atoms with Crippen molar-refractivity contribution in [2.45, 2.75) is 33.2 Å². The van der Waals surface area contributed by atoms with Gasteiger partial charge in [0.2, 0.25) is 0 Å². The highest BCUT2D eigenvalue weighted by Gasteiger charge is 2.57. The van der Waals surface area contributed by atoms with Gasteiger partial charge in [0.05, 0.1) is 11.9 Å². The molecule has 42 heavy (non-hydrogen) atoms. The maximum absolute atomic E-state index is 14.2. The highest BCUT2D eigenvalue weighted by atomic mass is 16.5. The summed E-state index contributed by atoms with van der Waals surface area (Å²) in [5.74, 6) is 1.16. The summed E-state index contributed by atoms with van der Waals surface area (Å²) in [5.41, 5.74) is 13.4. The zero-order valence-electron chi connectivity index (χ0n) is 24.2. The Kier molecular flexibility index (Phi) is 6.90. The largest absolute Gasteiger partial charge is 0.456 e. The van der Waals surface area contributed by atoms with Crippen LogP contribution in [-0.4, -0.2) is 36.4 Å². The number of benzene rings is 4. The van der Waals surface area contributed by atoms with Crippen LogP contribution in [0.4, 0.5) is 22.7 Å². The maximum atomic E-state index is 14.2. The molecule has 4 aromatic carbocycles. The Morgan fingerprint density at radius 3 is 2.02 bits per heavy atom. The molecule has 0 atom stereocenters. The molecule has 4 aromatic rings. The smallest absolute Gasteiger partial charge is 0.275 e. The van der Waals surface area contributed by atoms with Crippen molar-refractivity contribution in [2.24, 2.45) is 10.1 Å². The van der Waals surface area contributed by atoms with Gasteiger partial charge in [-0.15, -0.1) is 0 Å². The number of carbonyl (C=O) groups excluding carboxylic acids is 1. The molecule has 0 saturated heterocycles. The molecular formula is C34H34N6O2. The number of aliphatic imine (C=N–C) groups is 1. The Morgan fingerprint density at radius 2 is 1.43 bits per heavy atom. The van der Waals surface area contributed by atoms with Crippen molar-refractivity contribution in [2.75, 3.05) is 29.5 Å². The number of fused-ring (bicyclic) bond motifs is 6. The molecular weight excluding hydrogens is 524 g/mol. The lowest BCUT2D eigenvalue weighted by Gasteiger charge is -2.42. The third kappa shape index (κ3) is 4.27. The zero-order chi connectivity index (χ0) is 29.4. The first kappa shape index (κ1) is 27.1. The molecule has 2 heterocycles. The van der Waals surface area contributed by atoms with Crippen LogP contribution in [0.5, 0.6) is 11.5 Å². The number of nitrogens with two attached hydrogens (primary N) is 1. The minimum absolute atomic E-state index is 0.191. The number of carbonyl (C=O) groups is 1. The van der Waals surface area contributed by atoms with E-state index in [1.54, 1.807) is 29.6 Å². The Morgan fingerprint density at radius 1 is 0.833 bits per heavy atom. The summed E-state index contributed by atoms with van der Waals surface area (Å²) in [6.07, 6.45) is 3.16. The van der Waals surface area contributed by atoms with Gasteiger partial charge in [0.1, 0.15) is 17.0 Å². The zero-order valence-corrected chi connectivity index (χ0v) is 24.2. The van der Waals surface area contributed by atoms with Crippen LogP contribution in [0.15, 0.2) is 82.9 Å². The fraction of sp³-hybridized carbons (Fsp3) is 0.206. The van der Waals surface area contributed by atoms with Gasteiger partial charge in [-0.2, -0.15) is 5.10 Å². The second-order valence-corrected chi connectivity index (χ2v) is 10.5. The molecule has 6 rings (SSSR count). The van der Waals surface area contributed by atoms with Crippen molar-refractivity contribution in [3.05, 3.63) is 106 Å². The van der Waals surface area contributed by atoms with Crippen molar-refractivity contribution < 1.29 is 9.53 Å². The third-order valence-electron chi connectivity index (χ3n) is 7.81. The summed E-state index contributed by atoms with van der Waals surface area (Å²) in [4.78, 5) is 18.7. The molecule has 8 nitrogen and oxygen atoms in total. The predicted octanol–water partition coefficient (Wildman–Crippen LogP) is 6.99. The van der Waals surface area contributed by atoms with Gasteiger partial charge in [0.15, 0.2) is 0 Å². The van der Waals surface area contributed by atoms with Gasteiger partial charge in [0.25, 0.3) is 5.91 Å². The van der Waals surface area contributed by atoms with Gasteiger partial charge in [-0.3, -0.25) is 9.79 Å². The quantitative estimate of drug-likeness (QED) is 0.168. The van der Waals surface area contributed by atoms with Crippen LogP contribution < -0.4 is 21.1 Å². The summed E-state index contributed by atoms with van der Waals surface area (Å²) in [6, 6.07) is 23.3. The molecule has 0 aromatic heterocycles. The number of nitrogens with zero attached hydrogens (tertiary/aromatic N) is 3. The number of amides is 1. The second kappa shape index (κ2) is 10.7. The summed E-state index contributed by atoms with van der Waals surface area (Å²) in [5, 5.41) is 13.3. The third-order valence-corrected chi connectivity index (χ3v) is 7.81. The Hall–Kier alpha value is -5.11. The monoisotopic (exact) mass is 558 g/mol. The van der Waals surface area contributed by atoms with Crippen LogP contribution in [0.1, 0.15) is 52.0 Å². The summed E-state index contributed by atoms with van der Waals surface area (Å²) < 4.78 is 6.63. The normalized spacial score (nSPS) is 14.7. The minimum Gasteiger partial charge on any atom is -0.456 e. The first-order chi connectivity index (χ1) is 20.4. The number of aryl methyl sites for hydroxylation is 2. The topological polar surface area (TPSA) is 104 Å². The number of hydrogen-bond donors (Lipinski definition) is 3. The lowest BCUT2D eigenvalue weighted by molar-refractivity contribution is 0.0675. The number of ether oxygens (including phenoxy) is 1. The standard InChI is InChI=1S/C34H34N6O2/c1-5-36-29-19-31-27(17-21(29)3)34(28-18-22(4)30(37-6-2)20-32(28)42-31)26-10-8-7-9-25(26)33(41)40(34)39-16-15-38-24-13-11-23(35)12-14-24/h7-20,36-37H,5-6,35H2,1-4H3/b38-15+,39-16+. The number of nitrogens with one attached hydrogen (secondary N) is 2. The van der Waals surface area contributed by atoms with Crippen LogP contribution >= 0.6 is 0 Å². The Labute approximate surface area is 245 Å². The van der Waals surface area contributed by atoms with E-state index in [0.29, 0.717) is 22.7 Å². The van der Waals surface area contributed by atoms with Gasteiger partial charge >= 0.3 is 0 Å². The minimum atomic E-state index is -1.05. The van der Waals surface area contributed by atoms with Crippen LogP contribution in [0, 0.1) is 13.8 Å². The van der Waals surface area contributed by atoms with E-state index in [0.717, 1.165) is 58.0 Å². The lowest BCUT2D eigenvalue weighted by Crippen LogP contribution is -2.44. The molecule has 0 unspecified atom stereocenters. The highest BCUT2D eigenvalue weighted by Crippen LogP contribution is 2.58. The molecule has 0 fully saturated rings. The van der Waals surface area contributed by atoms with Crippen molar-refractivity contribution in [3.63, 3.8) is 0 Å². The van der Waals surface area contributed by atoms with E-state index >= 15 is 0 Å². The Balaban J connectivity index is 1.59. The molecule has 0 radical (unpaired) electrons. The lowest BCUT2D eigenvalue weighted by atomic mass is 9.74. The first-order valence-electron chi connectivity index (χ1n) is 14.2. The van der Waals surface area contributed by atoms with Crippen LogP contribution in [0.2, 0.25) is 0 Å². The predicted molar refractivity (Wildman–Crippen MR) is 171 cm³/mol. The van der Waals surface area contributed by atoms with Gasteiger partial charge in [-0.25, -0.2) is 5.01 Å². The Bertz CT molecular complexity index is 1680. The molecule has 0 aliphatic carbocycles. The SMILES string of the molecule is CCNc1cc2c(cc1C)C1(c3cc(C)c(NCC)cc3O2)c2ccccc2C(=O)N1/N=C/C=N/c1ccc(N)cc1. The number of rotatable bonds is 7. The summed E-state index contributed by atoms with van der Waals surface area (Å²) >= 11 is 0. The van der Waals surface area contributed by atoms with E-state index in [-0.39, 0.29) is 5.91 Å². The fourth-order valence-electron chi connectivity index (χ4n) is 5.94. The average Bonchev–Trinajstić information content (AvgIpc) is 3.23. The van der Waals surface area contributed by atoms with E-state index in [9.17, 15) is 4.79 Å². The number of hydrazone groups is 1. The highest BCUT2D eigenvalue weighted by molar-refractivity contribution is 6.17. The second-order valence-electron chi connectivity index (χ2n) is 10.5. The van der Waals surface area contributed by atoms with E-state index in [4.69, 9.17) is 15.6 Å². The van der Waals surface area contributed by atoms with Crippen molar-refractivity contribution >= 4 is 41.1 Å². The fourth-order valence-corrected chi connectivity index (χ4v) is 5.94. The molecule has 0 bridgehead atoms. The van der Waals surface area contributed by atoms with Crippen LogP contribution in [0.25, 0.3) is 0 Å². The van der Waals surface area contributed by atoms with E-state index in [1.807, 2.05) is 48.5 Å². The summed E-state index contributed by atoms with van der Waals surface area (Å²) in [6.45, 7) is 9.81. The van der Waals surface area contributed by atoms with Crippen molar-refractivity contribution in [1.82, 2.24) is 5.01 Å². The van der Waals surface area contributed by atoms with E-state index in [2.05, 4.69) is 55.5 Å². The van der Waals surface area contributed by atoms with E-state index < -0.39 is 5.54 Å². The molecule has 212 valence electrons. The van der Waals surface area contributed by atoms with Crippen molar-refractivity contribution in [3.8, 4) is 11.5 Å². The maximum Gasteiger partial charge on any atom is 0.275 e. The first-order valence-corrected chi connectivity index (χ1v) is 14.2. The molecule has 1 amide bonds. The van der Waals surface area contributed by atoms with E-state index in [1.165, 1.54) is 0 Å². The summed E-state index contributed by atoms with van der Waals surface area (Å²) in [7, 11) is 0. The molecule has 8 heteroatoms. The molecule has 2 aliphatic heterocycles. The van der Waals surface area contributed by atoms with Gasteiger partial charge < -0.3 is 21.1 Å². The van der Waals surface area contributed by atoms with Crippen LogP contribution in [0.3, 0.4) is 0 Å². The molecule has 2 aliphatic rings. The molecule has 4 N–H and O–H groups in total. The van der Waals surface area contributed by atoms with Crippen LogP contribution in [-0.2, 0) is 5.54 Å². The van der Waals surface area contributed by atoms with Gasteiger partial charge in [-0.05, 0) is 81.3 Å². The number of anilines is 3. The van der Waals surface area contributed by atoms with Gasteiger partial charge in [0, 0.05) is 70.8 Å². The van der Waals surface area contributed by atoms with Gasteiger partial charge in [-0.1, -0.05) is 18.2 Å².